The zero-order valence-electron chi connectivity index (χ0n) is 11.5. The Labute approximate surface area is 125 Å². The van der Waals surface area contributed by atoms with E-state index in [0.29, 0.717) is 16.2 Å². The van der Waals surface area contributed by atoms with Gasteiger partial charge in [0.1, 0.15) is 11.6 Å². The predicted molar refractivity (Wildman–Crippen MR) is 79.6 cm³/mol. The molecule has 1 unspecified atom stereocenters. The van der Waals surface area contributed by atoms with Crippen LogP contribution in [0, 0.1) is 5.82 Å². The molecular weight excluding hydrogens is 291 g/mol. The van der Waals surface area contributed by atoms with Crippen LogP contribution in [0.15, 0.2) is 53.4 Å². The minimum atomic E-state index is -1.27. The van der Waals surface area contributed by atoms with Crippen molar-refractivity contribution in [2.24, 2.45) is 0 Å². The fourth-order valence-corrected chi connectivity index (χ4v) is 2.91. The molecule has 0 amide bonds. The highest BCUT2D eigenvalue weighted by Gasteiger charge is 2.10. The SMILES string of the molecule is COc1cccc(S(=O)CCC(=O)c2ccc(F)cc2)c1. The average molecular weight is 306 g/mol. The van der Waals surface area contributed by atoms with Crippen molar-refractivity contribution in [3.63, 3.8) is 0 Å². The molecule has 3 nitrogen and oxygen atoms in total. The van der Waals surface area contributed by atoms with Crippen molar-refractivity contribution in [1.82, 2.24) is 0 Å². The molecule has 0 heterocycles. The van der Waals surface area contributed by atoms with Gasteiger partial charge in [-0.25, -0.2) is 4.39 Å². The van der Waals surface area contributed by atoms with E-state index in [-0.39, 0.29) is 23.8 Å². The highest BCUT2D eigenvalue weighted by Crippen LogP contribution is 2.17. The third-order valence-corrected chi connectivity index (χ3v) is 4.34. The molecule has 0 aromatic heterocycles. The van der Waals surface area contributed by atoms with Crippen LogP contribution in [0.4, 0.5) is 4.39 Å². The molecule has 0 aliphatic rings. The van der Waals surface area contributed by atoms with Crippen molar-refractivity contribution >= 4 is 16.6 Å². The lowest BCUT2D eigenvalue weighted by molar-refractivity contribution is 0.0989. The summed E-state index contributed by atoms with van der Waals surface area (Å²) in [7, 11) is 0.273. The van der Waals surface area contributed by atoms with E-state index >= 15 is 0 Å². The van der Waals surface area contributed by atoms with Crippen LogP contribution in [-0.2, 0) is 10.8 Å². The highest BCUT2D eigenvalue weighted by molar-refractivity contribution is 7.85. The fourth-order valence-electron chi connectivity index (χ4n) is 1.83. The predicted octanol–water partition coefficient (Wildman–Crippen LogP) is 3.21. The Morgan fingerprint density at radius 1 is 1.19 bits per heavy atom. The van der Waals surface area contributed by atoms with E-state index in [4.69, 9.17) is 4.74 Å². The number of ketones is 1. The zero-order valence-corrected chi connectivity index (χ0v) is 12.4. The first-order chi connectivity index (χ1) is 10.1. The summed E-state index contributed by atoms with van der Waals surface area (Å²) >= 11 is 0. The smallest absolute Gasteiger partial charge is 0.163 e. The number of carbonyl (C=O) groups excluding carboxylic acids is 1. The monoisotopic (exact) mass is 306 g/mol. The van der Waals surface area contributed by atoms with Crippen molar-refractivity contribution in [1.29, 1.82) is 0 Å². The summed E-state index contributed by atoms with van der Waals surface area (Å²) in [4.78, 5) is 12.6. The Morgan fingerprint density at radius 2 is 1.90 bits per heavy atom. The number of Topliss-reactive ketones (excluding diaryl/α,β-unsaturated/α-hetero) is 1. The van der Waals surface area contributed by atoms with Gasteiger partial charge < -0.3 is 4.74 Å². The molecule has 0 saturated carbocycles. The van der Waals surface area contributed by atoms with Crippen LogP contribution in [0.5, 0.6) is 5.75 Å². The van der Waals surface area contributed by atoms with Crippen LogP contribution in [0.3, 0.4) is 0 Å². The fraction of sp³-hybridized carbons (Fsp3) is 0.188. The molecule has 2 rings (SSSR count). The number of rotatable bonds is 6. The number of halogens is 1. The van der Waals surface area contributed by atoms with Gasteiger partial charge in [0, 0.05) is 22.6 Å². The Bertz CT molecular complexity index is 653. The molecule has 0 radical (unpaired) electrons. The van der Waals surface area contributed by atoms with Crippen LogP contribution in [0.1, 0.15) is 16.8 Å². The van der Waals surface area contributed by atoms with Crippen LogP contribution in [0.25, 0.3) is 0 Å². The first kappa shape index (κ1) is 15.4. The van der Waals surface area contributed by atoms with Crippen molar-refractivity contribution in [2.75, 3.05) is 12.9 Å². The molecule has 110 valence electrons. The number of hydrogen-bond donors (Lipinski definition) is 0. The highest BCUT2D eigenvalue weighted by atomic mass is 32.2. The van der Waals surface area contributed by atoms with Crippen LogP contribution in [-0.4, -0.2) is 22.9 Å². The summed E-state index contributed by atoms with van der Waals surface area (Å²) < 4.78 is 30.0. The number of hydrogen-bond acceptors (Lipinski definition) is 3. The lowest BCUT2D eigenvalue weighted by Gasteiger charge is -2.05. The molecular formula is C16H15FO3S. The average Bonchev–Trinajstić information content (AvgIpc) is 2.53. The summed E-state index contributed by atoms with van der Waals surface area (Å²) in [6.45, 7) is 0. The first-order valence-corrected chi connectivity index (χ1v) is 7.73. The zero-order chi connectivity index (χ0) is 15.2. The Morgan fingerprint density at radius 3 is 2.57 bits per heavy atom. The molecule has 0 fully saturated rings. The van der Waals surface area contributed by atoms with Crippen molar-refractivity contribution < 1.29 is 18.1 Å². The summed E-state index contributed by atoms with van der Waals surface area (Å²) in [6.07, 6.45) is 0.148. The summed E-state index contributed by atoms with van der Waals surface area (Å²) in [5.74, 6) is 0.326. The Kier molecular flexibility index (Phi) is 5.22. The van der Waals surface area contributed by atoms with Gasteiger partial charge in [-0.1, -0.05) is 6.07 Å². The molecule has 2 aromatic carbocycles. The largest absolute Gasteiger partial charge is 0.497 e. The lowest BCUT2D eigenvalue weighted by Crippen LogP contribution is -2.06. The second-order valence-electron chi connectivity index (χ2n) is 4.41. The number of methoxy groups -OCH3 is 1. The standard InChI is InChI=1S/C16H15FO3S/c1-20-14-3-2-4-15(11-14)21(19)10-9-16(18)12-5-7-13(17)8-6-12/h2-8,11H,9-10H2,1H3. The third kappa shape index (κ3) is 4.23. The van der Waals surface area contributed by atoms with Gasteiger partial charge in [0.25, 0.3) is 0 Å². The second kappa shape index (κ2) is 7.13. The normalized spacial score (nSPS) is 11.9. The summed E-state index contributed by atoms with van der Waals surface area (Å²) in [5, 5.41) is 0. The minimum absolute atomic E-state index is 0.147. The van der Waals surface area contributed by atoms with Crippen LogP contribution < -0.4 is 4.74 Å². The van der Waals surface area contributed by atoms with Gasteiger partial charge in [-0.05, 0) is 42.5 Å². The van der Waals surface area contributed by atoms with E-state index in [2.05, 4.69) is 0 Å². The minimum Gasteiger partial charge on any atom is -0.497 e. The lowest BCUT2D eigenvalue weighted by atomic mass is 10.1. The van der Waals surface area contributed by atoms with E-state index in [0.717, 1.165) is 0 Å². The van der Waals surface area contributed by atoms with Crippen LogP contribution >= 0.6 is 0 Å². The molecule has 0 N–H and O–H groups in total. The molecule has 1 atom stereocenters. The Hall–Kier alpha value is -2.01. The maximum atomic E-state index is 12.8. The van der Waals surface area contributed by atoms with Gasteiger partial charge >= 0.3 is 0 Å². The van der Waals surface area contributed by atoms with Gasteiger partial charge in [0.2, 0.25) is 0 Å². The molecule has 0 aliphatic carbocycles. The van der Waals surface area contributed by atoms with E-state index < -0.39 is 10.8 Å². The Balaban J connectivity index is 1.97. The quantitative estimate of drug-likeness (QED) is 0.770. The molecule has 21 heavy (non-hydrogen) atoms. The second-order valence-corrected chi connectivity index (χ2v) is 5.98. The van der Waals surface area contributed by atoms with Crippen molar-refractivity contribution in [3.8, 4) is 5.75 Å². The first-order valence-electron chi connectivity index (χ1n) is 6.41. The third-order valence-electron chi connectivity index (χ3n) is 2.98. The molecule has 0 bridgehead atoms. The topological polar surface area (TPSA) is 43.4 Å². The van der Waals surface area contributed by atoms with Gasteiger partial charge in [-0.3, -0.25) is 9.00 Å². The summed E-state index contributed by atoms with van der Waals surface area (Å²) in [6, 6.07) is 12.3. The molecule has 2 aromatic rings. The van der Waals surface area contributed by atoms with Gasteiger partial charge in [-0.2, -0.15) is 0 Å². The van der Waals surface area contributed by atoms with Crippen LogP contribution in [0.2, 0.25) is 0 Å². The van der Waals surface area contributed by atoms with Gasteiger partial charge in [0.15, 0.2) is 5.78 Å². The number of ether oxygens (including phenoxy) is 1. The van der Waals surface area contributed by atoms with Crippen molar-refractivity contribution in [2.45, 2.75) is 11.3 Å². The van der Waals surface area contributed by atoms with Crippen molar-refractivity contribution in [3.05, 3.63) is 59.9 Å². The molecule has 0 saturated heterocycles. The van der Waals surface area contributed by atoms with E-state index in [1.54, 1.807) is 31.4 Å². The number of carbonyl (C=O) groups is 1. The molecule has 5 heteroatoms. The number of benzene rings is 2. The van der Waals surface area contributed by atoms with Gasteiger partial charge in [-0.15, -0.1) is 0 Å². The summed E-state index contributed by atoms with van der Waals surface area (Å²) in [5.41, 5.74) is 0.430. The molecule has 0 spiro atoms. The van der Waals surface area contributed by atoms with Gasteiger partial charge in [0.05, 0.1) is 17.9 Å². The maximum Gasteiger partial charge on any atom is 0.163 e. The van der Waals surface area contributed by atoms with E-state index in [9.17, 15) is 13.4 Å². The maximum absolute atomic E-state index is 12.8. The van der Waals surface area contributed by atoms with E-state index in [1.807, 2.05) is 0 Å². The van der Waals surface area contributed by atoms with E-state index in [1.165, 1.54) is 24.3 Å². The molecule has 0 aliphatic heterocycles.